The number of hydrogen-bond donors (Lipinski definition) is 1. The van der Waals surface area contributed by atoms with Crippen LogP contribution in [0.15, 0.2) is 54.6 Å². The molecule has 0 bridgehead atoms. The Kier molecular flexibility index (Phi) is 5.88. The van der Waals surface area contributed by atoms with Crippen LogP contribution in [0.3, 0.4) is 0 Å². The van der Waals surface area contributed by atoms with Gasteiger partial charge in [0, 0.05) is 31.0 Å². The van der Waals surface area contributed by atoms with E-state index in [1.54, 1.807) is 6.07 Å². The number of pyridine rings is 3. The van der Waals surface area contributed by atoms with E-state index in [9.17, 15) is 9.90 Å². The quantitative estimate of drug-likeness (QED) is 0.694. The summed E-state index contributed by atoms with van der Waals surface area (Å²) in [4.78, 5) is 26.8. The van der Waals surface area contributed by atoms with Gasteiger partial charge >= 0.3 is 5.97 Å². The van der Waals surface area contributed by atoms with Crippen molar-refractivity contribution in [2.24, 2.45) is 0 Å². The average Bonchev–Trinajstić information content (AvgIpc) is 2.62. The summed E-state index contributed by atoms with van der Waals surface area (Å²) in [5.41, 5.74) is 4.60. The molecule has 6 nitrogen and oxygen atoms in total. The molecule has 138 valence electrons. The fraction of sp³-hybridized carbons (Fsp3) is 0.238. The van der Waals surface area contributed by atoms with E-state index in [-0.39, 0.29) is 5.69 Å². The molecule has 0 saturated carbocycles. The Morgan fingerprint density at radius 1 is 0.778 bits per heavy atom. The number of carboxylic acid groups (broad SMARTS) is 1. The number of aromatic carboxylic acids is 1. The molecule has 1 N–H and O–H groups in total. The Bertz CT molecular complexity index is 895. The van der Waals surface area contributed by atoms with Crippen molar-refractivity contribution in [3.63, 3.8) is 0 Å². The van der Waals surface area contributed by atoms with Crippen molar-refractivity contribution in [2.45, 2.75) is 33.5 Å². The molecule has 0 fully saturated rings. The fourth-order valence-electron chi connectivity index (χ4n) is 2.92. The molecule has 0 aromatic carbocycles. The van der Waals surface area contributed by atoms with Crippen LogP contribution in [-0.4, -0.2) is 30.9 Å². The van der Waals surface area contributed by atoms with Gasteiger partial charge in [-0.1, -0.05) is 18.2 Å². The SMILES string of the molecule is Cc1cccc(CN(Cc2cccc(C)n2)Cc2cccc(C(=O)O)n2)n1. The standard InChI is InChI=1S/C21H22N4O2/c1-15-6-3-8-17(22-15)12-25(13-18-9-4-7-16(2)23-18)14-19-10-5-11-20(24-19)21(26)27/h3-11H,12-14H2,1-2H3,(H,26,27). The average molecular weight is 362 g/mol. The van der Waals surface area contributed by atoms with Crippen LogP contribution >= 0.6 is 0 Å². The number of aromatic nitrogens is 3. The van der Waals surface area contributed by atoms with Crippen molar-refractivity contribution >= 4 is 5.97 Å². The maximum absolute atomic E-state index is 11.2. The second-order valence-electron chi connectivity index (χ2n) is 6.51. The molecule has 3 heterocycles. The molecule has 0 aliphatic carbocycles. The molecular formula is C21H22N4O2. The van der Waals surface area contributed by atoms with Gasteiger partial charge in [-0.15, -0.1) is 0 Å². The third kappa shape index (κ3) is 5.43. The molecular weight excluding hydrogens is 340 g/mol. The summed E-state index contributed by atoms with van der Waals surface area (Å²) in [6.07, 6.45) is 0. The van der Waals surface area contributed by atoms with Crippen LogP contribution < -0.4 is 0 Å². The van der Waals surface area contributed by atoms with E-state index in [1.807, 2.05) is 56.3 Å². The lowest BCUT2D eigenvalue weighted by Crippen LogP contribution is -2.24. The Morgan fingerprint density at radius 2 is 1.22 bits per heavy atom. The van der Waals surface area contributed by atoms with E-state index < -0.39 is 5.97 Å². The zero-order valence-corrected chi connectivity index (χ0v) is 15.5. The van der Waals surface area contributed by atoms with E-state index >= 15 is 0 Å². The minimum atomic E-state index is -1.02. The van der Waals surface area contributed by atoms with E-state index in [0.717, 1.165) is 22.8 Å². The molecule has 3 rings (SSSR count). The summed E-state index contributed by atoms with van der Waals surface area (Å²) in [6.45, 7) is 5.68. The maximum atomic E-state index is 11.2. The monoisotopic (exact) mass is 362 g/mol. The molecule has 0 atom stereocenters. The molecule has 6 heteroatoms. The number of rotatable bonds is 7. The zero-order valence-electron chi connectivity index (χ0n) is 15.5. The third-order valence-electron chi connectivity index (χ3n) is 4.07. The lowest BCUT2D eigenvalue weighted by molar-refractivity contribution is 0.0689. The van der Waals surface area contributed by atoms with E-state index in [0.29, 0.717) is 25.3 Å². The third-order valence-corrected chi connectivity index (χ3v) is 4.07. The summed E-state index contributed by atoms with van der Waals surface area (Å²) < 4.78 is 0. The molecule has 0 spiro atoms. The first-order valence-electron chi connectivity index (χ1n) is 8.76. The van der Waals surface area contributed by atoms with Crippen molar-refractivity contribution < 1.29 is 9.90 Å². The first-order valence-corrected chi connectivity index (χ1v) is 8.76. The summed E-state index contributed by atoms with van der Waals surface area (Å²) in [5, 5.41) is 9.18. The summed E-state index contributed by atoms with van der Waals surface area (Å²) in [6, 6.07) is 17.0. The molecule has 27 heavy (non-hydrogen) atoms. The molecule has 0 aliphatic rings. The summed E-state index contributed by atoms with van der Waals surface area (Å²) in [5.74, 6) is -1.02. The molecule has 0 aliphatic heterocycles. The lowest BCUT2D eigenvalue weighted by Gasteiger charge is -2.22. The Balaban J connectivity index is 1.84. The van der Waals surface area contributed by atoms with Crippen molar-refractivity contribution in [3.05, 3.63) is 88.8 Å². The highest BCUT2D eigenvalue weighted by Gasteiger charge is 2.13. The topological polar surface area (TPSA) is 79.2 Å². The van der Waals surface area contributed by atoms with Crippen LogP contribution in [0.2, 0.25) is 0 Å². The second-order valence-corrected chi connectivity index (χ2v) is 6.51. The van der Waals surface area contributed by atoms with Gasteiger partial charge < -0.3 is 5.11 Å². The molecule has 3 aromatic heterocycles. The molecule has 0 radical (unpaired) electrons. The number of carbonyl (C=O) groups is 1. The van der Waals surface area contributed by atoms with Gasteiger partial charge in [0.25, 0.3) is 0 Å². The maximum Gasteiger partial charge on any atom is 0.354 e. The molecule has 0 unspecified atom stereocenters. The summed E-state index contributed by atoms with van der Waals surface area (Å²) in [7, 11) is 0. The highest BCUT2D eigenvalue weighted by atomic mass is 16.4. The zero-order chi connectivity index (χ0) is 19.2. The highest BCUT2D eigenvalue weighted by molar-refractivity contribution is 5.85. The van der Waals surface area contributed by atoms with Crippen molar-refractivity contribution in [1.82, 2.24) is 19.9 Å². The highest BCUT2D eigenvalue weighted by Crippen LogP contribution is 2.13. The Hall–Kier alpha value is -3.12. The predicted molar refractivity (Wildman–Crippen MR) is 102 cm³/mol. The van der Waals surface area contributed by atoms with Crippen LogP contribution in [0, 0.1) is 13.8 Å². The lowest BCUT2D eigenvalue weighted by atomic mass is 10.2. The van der Waals surface area contributed by atoms with Gasteiger partial charge in [0.15, 0.2) is 0 Å². The van der Waals surface area contributed by atoms with Gasteiger partial charge in [-0.2, -0.15) is 0 Å². The van der Waals surface area contributed by atoms with Crippen LogP contribution in [0.5, 0.6) is 0 Å². The molecule has 0 amide bonds. The second kappa shape index (κ2) is 8.51. The van der Waals surface area contributed by atoms with Crippen LogP contribution in [0.4, 0.5) is 0 Å². The first kappa shape index (κ1) is 18.7. The minimum Gasteiger partial charge on any atom is -0.477 e. The van der Waals surface area contributed by atoms with Gasteiger partial charge in [0.2, 0.25) is 0 Å². The summed E-state index contributed by atoms with van der Waals surface area (Å²) >= 11 is 0. The predicted octanol–water partition coefficient (Wildman–Crippen LogP) is 3.39. The molecule has 0 saturated heterocycles. The van der Waals surface area contributed by atoms with E-state index in [4.69, 9.17) is 0 Å². The van der Waals surface area contributed by atoms with Crippen molar-refractivity contribution in [3.8, 4) is 0 Å². The number of nitrogens with zero attached hydrogens (tertiary/aromatic N) is 4. The van der Waals surface area contributed by atoms with Crippen molar-refractivity contribution in [2.75, 3.05) is 0 Å². The van der Waals surface area contributed by atoms with Crippen LogP contribution in [0.25, 0.3) is 0 Å². The number of aryl methyl sites for hydroxylation is 2. The number of hydrogen-bond acceptors (Lipinski definition) is 5. The van der Waals surface area contributed by atoms with E-state index in [1.165, 1.54) is 6.07 Å². The minimum absolute atomic E-state index is 0.0508. The normalized spacial score (nSPS) is 10.9. The fourth-order valence-corrected chi connectivity index (χ4v) is 2.92. The Morgan fingerprint density at radius 3 is 1.67 bits per heavy atom. The van der Waals surface area contributed by atoms with E-state index in [2.05, 4.69) is 19.9 Å². The largest absolute Gasteiger partial charge is 0.477 e. The number of carboxylic acids is 1. The molecule has 3 aromatic rings. The van der Waals surface area contributed by atoms with Gasteiger partial charge in [-0.05, 0) is 50.2 Å². The van der Waals surface area contributed by atoms with Gasteiger partial charge in [-0.25, -0.2) is 9.78 Å². The Labute approximate surface area is 158 Å². The van der Waals surface area contributed by atoms with Crippen molar-refractivity contribution in [1.29, 1.82) is 0 Å². The smallest absolute Gasteiger partial charge is 0.354 e. The van der Waals surface area contributed by atoms with Gasteiger partial charge in [0.05, 0.1) is 17.1 Å². The van der Waals surface area contributed by atoms with Crippen LogP contribution in [-0.2, 0) is 19.6 Å². The van der Waals surface area contributed by atoms with Gasteiger partial charge in [0.1, 0.15) is 5.69 Å². The van der Waals surface area contributed by atoms with Gasteiger partial charge in [-0.3, -0.25) is 14.9 Å². The first-order chi connectivity index (χ1) is 13.0. The van der Waals surface area contributed by atoms with Crippen LogP contribution in [0.1, 0.15) is 39.0 Å².